The third-order valence-corrected chi connectivity index (χ3v) is 5.19. The lowest BCUT2D eigenvalue weighted by Gasteiger charge is -2.37. The van der Waals surface area contributed by atoms with Crippen LogP contribution in [0.5, 0.6) is 0 Å². The van der Waals surface area contributed by atoms with Crippen LogP contribution in [0.25, 0.3) is 0 Å². The molecule has 4 aliphatic rings. The lowest BCUT2D eigenvalue weighted by atomic mass is 10.0. The second-order valence-electron chi connectivity index (χ2n) is 6.80. The zero-order valence-corrected chi connectivity index (χ0v) is 14.4. The van der Waals surface area contributed by atoms with Crippen LogP contribution in [0, 0.1) is 5.92 Å². The molecule has 0 aromatic rings. The Morgan fingerprint density at radius 2 is 1.92 bits per heavy atom. The van der Waals surface area contributed by atoms with Crippen molar-refractivity contribution < 1.29 is 14.3 Å². The fraction of sp³-hybridized carbons (Fsp3) is 0.611. The van der Waals surface area contributed by atoms with E-state index in [1.54, 1.807) is 0 Å². The molecule has 1 atom stereocenters. The minimum absolute atomic E-state index is 0.0241. The van der Waals surface area contributed by atoms with Gasteiger partial charge >= 0.3 is 0 Å². The fourth-order valence-electron chi connectivity index (χ4n) is 3.70. The number of carbonyl (C=O) groups is 1. The summed E-state index contributed by atoms with van der Waals surface area (Å²) in [6.45, 7) is 5.48. The van der Waals surface area contributed by atoms with Crippen LogP contribution in [-0.4, -0.2) is 68.1 Å². The van der Waals surface area contributed by atoms with Gasteiger partial charge in [-0.3, -0.25) is 9.69 Å². The van der Waals surface area contributed by atoms with E-state index < -0.39 is 0 Å². The van der Waals surface area contributed by atoms with Gasteiger partial charge in [0.15, 0.2) is 6.29 Å². The number of fused-ring (bicyclic) bond motifs is 1. The molecule has 25 heavy (non-hydrogen) atoms. The molecule has 7 nitrogen and oxygen atoms in total. The number of nitrogens with one attached hydrogen (secondary N) is 2. The molecule has 0 aromatic carbocycles. The van der Waals surface area contributed by atoms with Crippen LogP contribution in [-0.2, 0) is 14.3 Å². The maximum absolute atomic E-state index is 12.8. The minimum Gasteiger partial charge on any atom is -0.381 e. The van der Waals surface area contributed by atoms with Crippen LogP contribution in [0.2, 0.25) is 0 Å². The van der Waals surface area contributed by atoms with Gasteiger partial charge < -0.3 is 25.0 Å². The number of hydrogen-bond donors (Lipinski definition) is 2. The van der Waals surface area contributed by atoms with E-state index in [0.29, 0.717) is 18.2 Å². The third-order valence-electron chi connectivity index (χ3n) is 5.19. The predicted octanol–water partition coefficient (Wildman–Crippen LogP) is 0.345. The first-order chi connectivity index (χ1) is 12.3. The van der Waals surface area contributed by atoms with Crippen LogP contribution in [0.3, 0.4) is 0 Å². The quantitative estimate of drug-likeness (QED) is 0.766. The molecule has 1 unspecified atom stereocenters. The van der Waals surface area contributed by atoms with E-state index >= 15 is 0 Å². The van der Waals surface area contributed by atoms with Gasteiger partial charge in [0, 0.05) is 39.0 Å². The SMILES string of the molecule is O=C(NCC1CCOCC1)C1=C2C=CC=CN2C(N2CCOCC2)N1. The lowest BCUT2D eigenvalue weighted by molar-refractivity contribution is -0.118. The Morgan fingerprint density at radius 3 is 2.72 bits per heavy atom. The molecule has 136 valence electrons. The summed E-state index contributed by atoms with van der Waals surface area (Å²) in [7, 11) is 0. The van der Waals surface area contributed by atoms with Crippen LogP contribution >= 0.6 is 0 Å². The number of ether oxygens (including phenoxy) is 2. The van der Waals surface area contributed by atoms with Crippen molar-refractivity contribution in [2.75, 3.05) is 46.1 Å². The molecule has 0 bridgehead atoms. The molecule has 2 N–H and O–H groups in total. The van der Waals surface area contributed by atoms with Gasteiger partial charge in [0.1, 0.15) is 5.70 Å². The standard InChI is InChI=1S/C18H26N4O3/c23-17(19-13-14-4-9-24-10-5-14)16-15-3-1-2-6-22(15)18(20-16)21-7-11-25-12-8-21/h1-3,6,14,18,20H,4-5,7-13H2,(H,19,23). The molecule has 2 fully saturated rings. The van der Waals surface area contributed by atoms with Crippen molar-refractivity contribution >= 4 is 5.91 Å². The largest absolute Gasteiger partial charge is 0.381 e. The highest BCUT2D eigenvalue weighted by atomic mass is 16.5. The highest BCUT2D eigenvalue weighted by Gasteiger charge is 2.37. The Kier molecular flexibility index (Phi) is 5.05. The maximum Gasteiger partial charge on any atom is 0.269 e. The molecule has 2 saturated heterocycles. The summed E-state index contributed by atoms with van der Waals surface area (Å²) < 4.78 is 10.8. The summed E-state index contributed by atoms with van der Waals surface area (Å²) in [6, 6.07) is 0. The van der Waals surface area contributed by atoms with Gasteiger partial charge in [0.2, 0.25) is 0 Å². The Balaban J connectivity index is 1.43. The van der Waals surface area contributed by atoms with Crippen LogP contribution < -0.4 is 10.6 Å². The molecule has 0 radical (unpaired) electrons. The van der Waals surface area contributed by atoms with Gasteiger partial charge in [-0.05, 0) is 30.9 Å². The van der Waals surface area contributed by atoms with Crippen LogP contribution in [0.15, 0.2) is 35.8 Å². The number of allylic oxidation sites excluding steroid dienone is 3. The van der Waals surface area contributed by atoms with E-state index in [9.17, 15) is 4.79 Å². The molecular weight excluding hydrogens is 320 g/mol. The number of hydrogen-bond acceptors (Lipinski definition) is 6. The van der Waals surface area contributed by atoms with Gasteiger partial charge in [-0.1, -0.05) is 6.08 Å². The number of carbonyl (C=O) groups excluding carboxylic acids is 1. The van der Waals surface area contributed by atoms with Gasteiger partial charge in [0.05, 0.1) is 18.9 Å². The summed E-state index contributed by atoms with van der Waals surface area (Å²) in [4.78, 5) is 17.2. The van der Waals surface area contributed by atoms with Crippen molar-refractivity contribution in [3.63, 3.8) is 0 Å². The molecule has 4 aliphatic heterocycles. The van der Waals surface area contributed by atoms with Crippen molar-refractivity contribution in [2.45, 2.75) is 19.1 Å². The molecule has 4 rings (SSSR count). The first-order valence-corrected chi connectivity index (χ1v) is 9.15. The molecule has 7 heteroatoms. The molecule has 0 spiro atoms. The molecule has 1 amide bonds. The molecule has 4 heterocycles. The summed E-state index contributed by atoms with van der Waals surface area (Å²) in [6.07, 6.45) is 10.0. The number of rotatable bonds is 4. The van der Waals surface area contributed by atoms with E-state index in [1.807, 2.05) is 24.4 Å². The summed E-state index contributed by atoms with van der Waals surface area (Å²) in [5.41, 5.74) is 1.59. The average molecular weight is 346 g/mol. The maximum atomic E-state index is 12.8. The van der Waals surface area contributed by atoms with E-state index in [0.717, 1.165) is 58.1 Å². The van der Waals surface area contributed by atoms with Crippen molar-refractivity contribution in [2.24, 2.45) is 5.92 Å². The molecule has 0 aromatic heterocycles. The smallest absolute Gasteiger partial charge is 0.269 e. The van der Waals surface area contributed by atoms with Crippen molar-refractivity contribution in [1.29, 1.82) is 0 Å². The molecular formula is C18H26N4O3. The summed E-state index contributed by atoms with van der Waals surface area (Å²) >= 11 is 0. The van der Waals surface area contributed by atoms with E-state index in [4.69, 9.17) is 9.47 Å². The predicted molar refractivity (Wildman–Crippen MR) is 93.0 cm³/mol. The summed E-state index contributed by atoms with van der Waals surface area (Å²) in [5.74, 6) is 0.486. The number of morpholine rings is 1. The van der Waals surface area contributed by atoms with Crippen molar-refractivity contribution in [3.8, 4) is 0 Å². The average Bonchev–Trinajstić information content (AvgIpc) is 3.07. The van der Waals surface area contributed by atoms with E-state index in [-0.39, 0.29) is 12.2 Å². The zero-order chi connectivity index (χ0) is 17.1. The first-order valence-electron chi connectivity index (χ1n) is 9.15. The Bertz CT molecular complexity index is 589. The van der Waals surface area contributed by atoms with E-state index in [2.05, 4.69) is 20.4 Å². The Morgan fingerprint density at radius 1 is 1.16 bits per heavy atom. The first kappa shape index (κ1) is 16.6. The number of nitrogens with zero attached hydrogens (tertiary/aromatic N) is 2. The summed E-state index contributed by atoms with van der Waals surface area (Å²) in [5, 5.41) is 6.54. The van der Waals surface area contributed by atoms with Gasteiger partial charge in [0.25, 0.3) is 5.91 Å². The lowest BCUT2D eigenvalue weighted by Crippen LogP contribution is -2.54. The van der Waals surface area contributed by atoms with Gasteiger partial charge in [-0.15, -0.1) is 0 Å². The Hall–Kier alpha value is -1.83. The fourth-order valence-corrected chi connectivity index (χ4v) is 3.70. The highest BCUT2D eigenvalue weighted by Crippen LogP contribution is 2.27. The Labute approximate surface area is 148 Å². The second kappa shape index (κ2) is 7.59. The zero-order valence-electron chi connectivity index (χ0n) is 14.4. The molecule has 0 aliphatic carbocycles. The van der Waals surface area contributed by atoms with Crippen molar-refractivity contribution in [3.05, 3.63) is 35.8 Å². The number of amides is 1. The normalized spacial score (nSPS) is 27.4. The third kappa shape index (κ3) is 3.58. The van der Waals surface area contributed by atoms with Gasteiger partial charge in [-0.25, -0.2) is 0 Å². The van der Waals surface area contributed by atoms with Crippen LogP contribution in [0.4, 0.5) is 0 Å². The van der Waals surface area contributed by atoms with Crippen LogP contribution in [0.1, 0.15) is 12.8 Å². The van der Waals surface area contributed by atoms with E-state index in [1.165, 1.54) is 0 Å². The second-order valence-corrected chi connectivity index (χ2v) is 6.80. The monoisotopic (exact) mass is 346 g/mol. The molecule has 0 saturated carbocycles. The van der Waals surface area contributed by atoms with Gasteiger partial charge in [-0.2, -0.15) is 0 Å². The topological polar surface area (TPSA) is 66.1 Å². The highest BCUT2D eigenvalue weighted by molar-refractivity contribution is 5.94. The minimum atomic E-state index is -0.0257. The van der Waals surface area contributed by atoms with Crippen molar-refractivity contribution in [1.82, 2.24) is 20.4 Å².